The van der Waals surface area contributed by atoms with E-state index in [2.05, 4.69) is 15.3 Å². The minimum atomic E-state index is -0.160. The minimum Gasteiger partial charge on any atom is -0.345 e. The van der Waals surface area contributed by atoms with Crippen molar-refractivity contribution in [2.75, 3.05) is 25.2 Å². The molecule has 3 rings (SSSR count). The number of imidazole rings is 1. The van der Waals surface area contributed by atoms with Crippen LogP contribution in [0.4, 0.5) is 5.69 Å². The third kappa shape index (κ3) is 4.98. The maximum Gasteiger partial charge on any atom is 0.253 e. The van der Waals surface area contributed by atoms with Crippen LogP contribution in [-0.4, -0.2) is 46.5 Å². The van der Waals surface area contributed by atoms with Gasteiger partial charge in [0, 0.05) is 25.3 Å². The Kier molecular flexibility index (Phi) is 5.93. The molecular weight excluding hydrogens is 360 g/mol. The first-order chi connectivity index (χ1) is 13.0. The lowest BCUT2D eigenvalue weighted by Gasteiger charge is -2.11. The van der Waals surface area contributed by atoms with Gasteiger partial charge in [0.1, 0.15) is 0 Å². The number of carbonyl (C=O) groups excluding carboxylic acids is 2. The molecule has 27 heavy (non-hydrogen) atoms. The maximum absolute atomic E-state index is 12.2. The molecule has 0 unspecified atom stereocenters. The SMILES string of the molecule is CN(C)C(=O)c1cccc(NC(=O)CSc2ncc(-c3ccccc3)[nH]2)c1. The second-order valence-electron chi connectivity index (χ2n) is 6.09. The van der Waals surface area contributed by atoms with Crippen molar-refractivity contribution in [1.82, 2.24) is 14.9 Å². The Morgan fingerprint density at radius 2 is 1.89 bits per heavy atom. The number of aromatic amines is 1. The van der Waals surface area contributed by atoms with E-state index in [0.717, 1.165) is 11.3 Å². The molecule has 3 aromatic rings. The van der Waals surface area contributed by atoms with Crippen LogP contribution in [-0.2, 0) is 4.79 Å². The van der Waals surface area contributed by atoms with Crippen LogP contribution >= 0.6 is 11.8 Å². The van der Waals surface area contributed by atoms with Crippen LogP contribution in [0.5, 0.6) is 0 Å². The third-order valence-electron chi connectivity index (χ3n) is 3.78. The van der Waals surface area contributed by atoms with Crippen LogP contribution in [0.25, 0.3) is 11.3 Å². The molecule has 0 atom stereocenters. The highest BCUT2D eigenvalue weighted by atomic mass is 32.2. The zero-order chi connectivity index (χ0) is 19.2. The van der Waals surface area contributed by atoms with Gasteiger partial charge in [-0.1, -0.05) is 48.2 Å². The molecule has 7 heteroatoms. The summed E-state index contributed by atoms with van der Waals surface area (Å²) in [6.45, 7) is 0. The molecule has 2 amide bonds. The van der Waals surface area contributed by atoms with Crippen molar-refractivity contribution < 1.29 is 9.59 Å². The van der Waals surface area contributed by atoms with Crippen LogP contribution in [0.3, 0.4) is 0 Å². The molecule has 0 aliphatic carbocycles. The largest absolute Gasteiger partial charge is 0.345 e. The zero-order valence-electron chi connectivity index (χ0n) is 15.1. The van der Waals surface area contributed by atoms with E-state index in [4.69, 9.17) is 0 Å². The summed E-state index contributed by atoms with van der Waals surface area (Å²) < 4.78 is 0. The van der Waals surface area contributed by atoms with Gasteiger partial charge in [0.25, 0.3) is 5.91 Å². The average molecular weight is 380 g/mol. The molecule has 0 saturated carbocycles. The number of nitrogens with zero attached hydrogens (tertiary/aromatic N) is 2. The van der Waals surface area contributed by atoms with Crippen molar-refractivity contribution in [3.05, 3.63) is 66.4 Å². The summed E-state index contributed by atoms with van der Waals surface area (Å²) in [7, 11) is 3.38. The number of benzene rings is 2. The van der Waals surface area contributed by atoms with Crippen LogP contribution in [0.2, 0.25) is 0 Å². The Morgan fingerprint density at radius 3 is 2.63 bits per heavy atom. The van der Waals surface area contributed by atoms with Crippen LogP contribution in [0.1, 0.15) is 10.4 Å². The summed E-state index contributed by atoms with van der Waals surface area (Å²) in [4.78, 5) is 33.2. The predicted molar refractivity (Wildman–Crippen MR) is 108 cm³/mol. The quantitative estimate of drug-likeness (QED) is 0.642. The van der Waals surface area contributed by atoms with E-state index in [1.165, 1.54) is 16.7 Å². The highest BCUT2D eigenvalue weighted by Crippen LogP contribution is 2.21. The average Bonchev–Trinajstić information content (AvgIpc) is 3.16. The third-order valence-corrected chi connectivity index (χ3v) is 4.66. The number of aromatic nitrogens is 2. The van der Waals surface area contributed by atoms with Crippen molar-refractivity contribution in [1.29, 1.82) is 0 Å². The van der Waals surface area contributed by atoms with E-state index >= 15 is 0 Å². The topological polar surface area (TPSA) is 78.1 Å². The number of rotatable bonds is 6. The first-order valence-corrected chi connectivity index (χ1v) is 9.36. The summed E-state index contributed by atoms with van der Waals surface area (Å²) >= 11 is 1.32. The van der Waals surface area contributed by atoms with E-state index < -0.39 is 0 Å². The van der Waals surface area contributed by atoms with Crippen LogP contribution in [0.15, 0.2) is 66.0 Å². The second kappa shape index (κ2) is 8.55. The van der Waals surface area contributed by atoms with Gasteiger partial charge >= 0.3 is 0 Å². The predicted octanol–water partition coefficient (Wildman–Crippen LogP) is 3.51. The monoisotopic (exact) mass is 380 g/mol. The Hall–Kier alpha value is -3.06. The van der Waals surface area contributed by atoms with E-state index in [9.17, 15) is 9.59 Å². The smallest absolute Gasteiger partial charge is 0.253 e. The van der Waals surface area contributed by atoms with Crippen molar-refractivity contribution in [2.24, 2.45) is 0 Å². The molecule has 0 saturated heterocycles. The first kappa shape index (κ1) is 18.7. The lowest BCUT2D eigenvalue weighted by atomic mass is 10.2. The second-order valence-corrected chi connectivity index (χ2v) is 7.05. The van der Waals surface area contributed by atoms with Gasteiger partial charge in [0.05, 0.1) is 17.6 Å². The standard InChI is InChI=1S/C20H20N4O2S/c1-24(2)19(26)15-9-6-10-16(11-15)22-18(25)13-27-20-21-12-17(23-20)14-7-4-3-5-8-14/h3-12H,13H2,1-2H3,(H,21,23)(H,22,25). The van der Waals surface area contributed by atoms with Gasteiger partial charge in [-0.2, -0.15) is 0 Å². The van der Waals surface area contributed by atoms with Gasteiger partial charge in [-0.15, -0.1) is 0 Å². The van der Waals surface area contributed by atoms with Crippen molar-refractivity contribution in [3.63, 3.8) is 0 Å². The van der Waals surface area contributed by atoms with Gasteiger partial charge in [0.2, 0.25) is 5.91 Å². The van der Waals surface area contributed by atoms with Gasteiger partial charge < -0.3 is 15.2 Å². The number of anilines is 1. The molecule has 1 heterocycles. The summed E-state index contributed by atoms with van der Waals surface area (Å²) in [5.74, 6) is -0.0512. The minimum absolute atomic E-state index is 0.107. The van der Waals surface area contributed by atoms with E-state index in [0.29, 0.717) is 16.4 Å². The van der Waals surface area contributed by atoms with E-state index in [1.54, 1.807) is 44.6 Å². The normalized spacial score (nSPS) is 10.4. The Balaban J connectivity index is 1.57. The van der Waals surface area contributed by atoms with Gasteiger partial charge in [-0.3, -0.25) is 9.59 Å². The van der Waals surface area contributed by atoms with Crippen LogP contribution in [0, 0.1) is 0 Å². The number of H-pyrrole nitrogens is 1. The van der Waals surface area contributed by atoms with Crippen molar-refractivity contribution in [3.8, 4) is 11.3 Å². The fraction of sp³-hybridized carbons (Fsp3) is 0.150. The molecule has 0 aliphatic rings. The van der Waals surface area contributed by atoms with Crippen molar-refractivity contribution in [2.45, 2.75) is 5.16 Å². The molecular formula is C20H20N4O2S. The number of nitrogens with one attached hydrogen (secondary N) is 2. The summed E-state index contributed by atoms with van der Waals surface area (Å²) in [6.07, 6.45) is 1.76. The number of hydrogen-bond donors (Lipinski definition) is 2. The molecule has 0 bridgehead atoms. The van der Waals surface area contributed by atoms with Gasteiger partial charge in [-0.25, -0.2) is 4.98 Å². The molecule has 1 aromatic heterocycles. The summed E-state index contributed by atoms with van der Waals surface area (Å²) in [5, 5.41) is 3.49. The van der Waals surface area contributed by atoms with Gasteiger partial charge in [-0.05, 0) is 23.8 Å². The number of carbonyl (C=O) groups is 2. The number of hydrogen-bond acceptors (Lipinski definition) is 4. The highest BCUT2D eigenvalue weighted by Gasteiger charge is 2.11. The van der Waals surface area contributed by atoms with E-state index in [-0.39, 0.29) is 17.6 Å². The molecule has 0 fully saturated rings. The Labute approximate surface area is 162 Å². The molecule has 2 N–H and O–H groups in total. The Bertz CT molecular complexity index is 938. The van der Waals surface area contributed by atoms with Crippen LogP contribution < -0.4 is 5.32 Å². The first-order valence-electron chi connectivity index (χ1n) is 8.38. The van der Waals surface area contributed by atoms with Gasteiger partial charge in [0.15, 0.2) is 5.16 Å². The molecule has 0 spiro atoms. The number of thioether (sulfide) groups is 1. The molecule has 138 valence electrons. The van der Waals surface area contributed by atoms with Crippen molar-refractivity contribution >= 4 is 29.3 Å². The molecule has 0 radical (unpaired) electrons. The fourth-order valence-corrected chi connectivity index (χ4v) is 3.11. The lowest BCUT2D eigenvalue weighted by Crippen LogP contribution is -2.22. The summed E-state index contributed by atoms with van der Waals surface area (Å²) in [5.41, 5.74) is 3.08. The lowest BCUT2D eigenvalue weighted by molar-refractivity contribution is -0.113. The Morgan fingerprint density at radius 1 is 1.11 bits per heavy atom. The highest BCUT2D eigenvalue weighted by molar-refractivity contribution is 7.99. The zero-order valence-corrected chi connectivity index (χ0v) is 15.9. The summed E-state index contributed by atoms with van der Waals surface area (Å²) in [6, 6.07) is 16.8. The fourth-order valence-electron chi connectivity index (χ4n) is 2.46. The molecule has 2 aromatic carbocycles. The molecule has 0 aliphatic heterocycles. The number of amides is 2. The molecule has 6 nitrogen and oxygen atoms in total. The maximum atomic E-state index is 12.2. The van der Waals surface area contributed by atoms with E-state index in [1.807, 2.05) is 30.3 Å².